The van der Waals surface area contributed by atoms with Crippen LogP contribution in [0.5, 0.6) is 0 Å². The highest BCUT2D eigenvalue weighted by Gasteiger charge is 2.10. The molecule has 20 heavy (non-hydrogen) atoms. The van der Waals surface area contributed by atoms with E-state index in [2.05, 4.69) is 52.4 Å². The summed E-state index contributed by atoms with van der Waals surface area (Å²) in [7, 11) is 0. The monoisotopic (exact) mass is 335 g/mol. The Morgan fingerprint density at radius 3 is 2.70 bits per heavy atom. The van der Waals surface area contributed by atoms with Gasteiger partial charge < -0.3 is 5.32 Å². The maximum atomic E-state index is 13.8. The van der Waals surface area contributed by atoms with Gasteiger partial charge in [0.15, 0.2) is 0 Å². The van der Waals surface area contributed by atoms with Crippen LogP contribution in [-0.4, -0.2) is 6.54 Å². The third kappa shape index (κ3) is 4.15. The summed E-state index contributed by atoms with van der Waals surface area (Å²) in [5.74, 6) is -0.171. The van der Waals surface area contributed by atoms with E-state index in [1.54, 1.807) is 0 Å². The second-order valence-electron chi connectivity index (χ2n) is 5.08. The summed E-state index contributed by atoms with van der Waals surface area (Å²) in [5.41, 5.74) is 3.29. The SMILES string of the molecule is Cc1cccc(CCNC(C)c2ccc(Br)cc2F)c1. The van der Waals surface area contributed by atoms with Crippen molar-refractivity contribution in [2.24, 2.45) is 0 Å². The molecule has 1 nitrogen and oxygen atoms in total. The maximum Gasteiger partial charge on any atom is 0.129 e. The second kappa shape index (κ2) is 7.00. The van der Waals surface area contributed by atoms with Crippen molar-refractivity contribution in [1.82, 2.24) is 5.32 Å². The Morgan fingerprint density at radius 1 is 1.20 bits per heavy atom. The molecule has 1 N–H and O–H groups in total. The molecule has 0 heterocycles. The summed E-state index contributed by atoms with van der Waals surface area (Å²) in [6.45, 7) is 4.92. The molecule has 0 aromatic heterocycles. The molecule has 0 saturated heterocycles. The van der Waals surface area contributed by atoms with Crippen LogP contribution < -0.4 is 5.32 Å². The molecule has 1 atom stereocenters. The van der Waals surface area contributed by atoms with Crippen LogP contribution in [0.25, 0.3) is 0 Å². The standard InChI is InChI=1S/C17H19BrFN/c1-12-4-3-5-14(10-12)8-9-20-13(2)16-7-6-15(18)11-17(16)19/h3-7,10-11,13,20H,8-9H2,1-2H3. The summed E-state index contributed by atoms with van der Waals surface area (Å²) >= 11 is 3.27. The van der Waals surface area contributed by atoms with Gasteiger partial charge in [0.1, 0.15) is 5.82 Å². The molecule has 1 unspecified atom stereocenters. The fraction of sp³-hybridized carbons (Fsp3) is 0.294. The molecule has 0 spiro atoms. The minimum absolute atomic E-state index is 0.00732. The van der Waals surface area contributed by atoms with Gasteiger partial charge in [0.05, 0.1) is 0 Å². The topological polar surface area (TPSA) is 12.0 Å². The van der Waals surface area contributed by atoms with Gasteiger partial charge in [-0.2, -0.15) is 0 Å². The van der Waals surface area contributed by atoms with E-state index >= 15 is 0 Å². The fourth-order valence-corrected chi connectivity index (χ4v) is 2.60. The molecule has 0 bridgehead atoms. The van der Waals surface area contributed by atoms with Gasteiger partial charge in [0, 0.05) is 16.1 Å². The van der Waals surface area contributed by atoms with Crippen molar-refractivity contribution in [2.75, 3.05) is 6.54 Å². The largest absolute Gasteiger partial charge is 0.310 e. The third-order valence-electron chi connectivity index (χ3n) is 3.38. The molecular weight excluding hydrogens is 317 g/mol. The van der Waals surface area contributed by atoms with E-state index in [4.69, 9.17) is 0 Å². The van der Waals surface area contributed by atoms with Crippen molar-refractivity contribution in [1.29, 1.82) is 0 Å². The van der Waals surface area contributed by atoms with E-state index in [0.717, 1.165) is 17.4 Å². The van der Waals surface area contributed by atoms with E-state index in [-0.39, 0.29) is 11.9 Å². The third-order valence-corrected chi connectivity index (χ3v) is 3.87. The summed E-state index contributed by atoms with van der Waals surface area (Å²) < 4.78 is 14.6. The number of hydrogen-bond acceptors (Lipinski definition) is 1. The van der Waals surface area contributed by atoms with Gasteiger partial charge in [-0.15, -0.1) is 0 Å². The molecule has 2 aromatic carbocycles. The fourth-order valence-electron chi connectivity index (χ4n) is 2.26. The number of hydrogen-bond donors (Lipinski definition) is 1. The van der Waals surface area contributed by atoms with Crippen molar-refractivity contribution < 1.29 is 4.39 Å². The van der Waals surface area contributed by atoms with Crippen LogP contribution in [0, 0.1) is 12.7 Å². The van der Waals surface area contributed by atoms with Crippen LogP contribution in [-0.2, 0) is 6.42 Å². The number of benzene rings is 2. The zero-order valence-corrected chi connectivity index (χ0v) is 13.4. The van der Waals surface area contributed by atoms with Crippen molar-refractivity contribution in [3.8, 4) is 0 Å². The van der Waals surface area contributed by atoms with Gasteiger partial charge in [-0.25, -0.2) is 4.39 Å². The van der Waals surface area contributed by atoms with E-state index < -0.39 is 0 Å². The molecule has 0 radical (unpaired) electrons. The Hall–Kier alpha value is -1.19. The zero-order valence-electron chi connectivity index (χ0n) is 11.8. The average molecular weight is 336 g/mol. The Kier molecular flexibility index (Phi) is 5.32. The lowest BCUT2D eigenvalue weighted by Gasteiger charge is -2.15. The van der Waals surface area contributed by atoms with Gasteiger partial charge in [-0.05, 0) is 44.5 Å². The number of aryl methyl sites for hydroxylation is 1. The minimum atomic E-state index is -0.171. The summed E-state index contributed by atoms with van der Waals surface area (Å²) in [5, 5.41) is 3.37. The first-order chi connectivity index (χ1) is 9.56. The molecule has 2 rings (SSSR count). The first kappa shape index (κ1) is 15.2. The van der Waals surface area contributed by atoms with Crippen molar-refractivity contribution in [3.63, 3.8) is 0 Å². The first-order valence-corrected chi connectivity index (χ1v) is 7.59. The van der Waals surface area contributed by atoms with E-state index in [1.807, 2.05) is 19.1 Å². The van der Waals surface area contributed by atoms with Crippen LogP contribution in [0.15, 0.2) is 46.9 Å². The van der Waals surface area contributed by atoms with Gasteiger partial charge >= 0.3 is 0 Å². The maximum absolute atomic E-state index is 13.8. The normalized spacial score (nSPS) is 12.4. The van der Waals surface area contributed by atoms with Crippen molar-refractivity contribution in [2.45, 2.75) is 26.3 Å². The van der Waals surface area contributed by atoms with Crippen molar-refractivity contribution >= 4 is 15.9 Å². The number of nitrogens with one attached hydrogen (secondary N) is 1. The Bertz CT molecular complexity index is 583. The highest BCUT2D eigenvalue weighted by molar-refractivity contribution is 9.10. The molecular formula is C17H19BrFN. The number of halogens is 2. The quantitative estimate of drug-likeness (QED) is 0.828. The lowest BCUT2D eigenvalue weighted by molar-refractivity contribution is 0.530. The summed E-state index contributed by atoms with van der Waals surface area (Å²) in [6.07, 6.45) is 0.949. The molecule has 0 aliphatic heterocycles. The molecule has 0 fully saturated rings. The summed E-state index contributed by atoms with van der Waals surface area (Å²) in [4.78, 5) is 0. The van der Waals surface area contributed by atoms with Gasteiger partial charge in [0.2, 0.25) is 0 Å². The van der Waals surface area contributed by atoms with E-state index in [1.165, 1.54) is 17.2 Å². The summed E-state index contributed by atoms with van der Waals surface area (Å²) in [6, 6.07) is 13.7. The Labute approximate surface area is 128 Å². The Morgan fingerprint density at radius 2 is 2.00 bits per heavy atom. The van der Waals surface area contributed by atoms with Crippen LogP contribution in [0.3, 0.4) is 0 Å². The van der Waals surface area contributed by atoms with Gasteiger partial charge in [-0.1, -0.05) is 51.8 Å². The lowest BCUT2D eigenvalue weighted by Crippen LogP contribution is -2.22. The van der Waals surface area contributed by atoms with Crippen LogP contribution in [0.1, 0.15) is 29.7 Å². The van der Waals surface area contributed by atoms with E-state index in [0.29, 0.717) is 5.56 Å². The van der Waals surface area contributed by atoms with Crippen LogP contribution in [0.2, 0.25) is 0 Å². The average Bonchev–Trinajstić information content (AvgIpc) is 2.38. The predicted octanol–water partition coefficient (Wildman–Crippen LogP) is 4.79. The molecule has 2 aromatic rings. The van der Waals surface area contributed by atoms with Crippen LogP contribution >= 0.6 is 15.9 Å². The highest BCUT2D eigenvalue weighted by Crippen LogP contribution is 2.20. The van der Waals surface area contributed by atoms with Gasteiger partial charge in [-0.3, -0.25) is 0 Å². The lowest BCUT2D eigenvalue weighted by atomic mass is 10.1. The molecule has 3 heteroatoms. The molecule has 0 aliphatic carbocycles. The zero-order chi connectivity index (χ0) is 14.5. The van der Waals surface area contributed by atoms with Crippen LogP contribution in [0.4, 0.5) is 4.39 Å². The minimum Gasteiger partial charge on any atom is -0.310 e. The second-order valence-corrected chi connectivity index (χ2v) is 6.00. The predicted molar refractivity (Wildman–Crippen MR) is 85.4 cm³/mol. The number of rotatable bonds is 5. The molecule has 0 amide bonds. The van der Waals surface area contributed by atoms with Crippen molar-refractivity contribution in [3.05, 3.63) is 69.4 Å². The van der Waals surface area contributed by atoms with Gasteiger partial charge in [0.25, 0.3) is 0 Å². The smallest absolute Gasteiger partial charge is 0.129 e. The highest BCUT2D eigenvalue weighted by atomic mass is 79.9. The molecule has 106 valence electrons. The Balaban J connectivity index is 1.90. The van der Waals surface area contributed by atoms with E-state index in [9.17, 15) is 4.39 Å². The first-order valence-electron chi connectivity index (χ1n) is 6.80. The molecule has 0 aliphatic rings. The molecule has 0 saturated carbocycles.